The van der Waals surface area contributed by atoms with Crippen molar-refractivity contribution in [2.45, 2.75) is 31.0 Å². The molecule has 4 aromatic rings. The standard InChI is InChI=1S/C28H29N3O3S/c1-20-8-10-22(11-9-20)26-16-27(33)30(19-24(32)18-29-17-21-6-4-3-5-7-21)28(34)31(26)23-12-14-25(35-2)15-13-23/h3-16,24,29,32H,17-19H2,1-2H3. The molecule has 0 aliphatic rings. The average molecular weight is 488 g/mol. The van der Waals surface area contributed by atoms with Gasteiger partial charge in [0.2, 0.25) is 0 Å². The number of aryl methyl sites for hydroxylation is 1. The lowest BCUT2D eigenvalue weighted by atomic mass is 10.1. The molecule has 0 saturated heterocycles. The molecule has 3 aromatic carbocycles. The van der Waals surface area contributed by atoms with E-state index in [4.69, 9.17) is 0 Å². The maximum Gasteiger partial charge on any atom is 0.336 e. The van der Waals surface area contributed by atoms with Crippen molar-refractivity contribution in [2.24, 2.45) is 0 Å². The van der Waals surface area contributed by atoms with Gasteiger partial charge in [0.25, 0.3) is 5.56 Å². The molecule has 2 N–H and O–H groups in total. The minimum absolute atomic E-state index is 0.101. The Labute approximate surface area is 208 Å². The van der Waals surface area contributed by atoms with Gasteiger partial charge in [-0.05, 0) is 48.6 Å². The fourth-order valence-electron chi connectivity index (χ4n) is 3.92. The molecular weight excluding hydrogens is 458 g/mol. The van der Waals surface area contributed by atoms with Gasteiger partial charge < -0.3 is 10.4 Å². The normalized spacial score (nSPS) is 12.0. The fraction of sp³-hybridized carbons (Fsp3) is 0.214. The van der Waals surface area contributed by atoms with Crippen LogP contribution in [0.3, 0.4) is 0 Å². The molecule has 4 rings (SSSR count). The molecule has 1 unspecified atom stereocenters. The Morgan fingerprint density at radius 1 is 0.943 bits per heavy atom. The lowest BCUT2D eigenvalue weighted by Crippen LogP contribution is -2.43. The lowest BCUT2D eigenvalue weighted by Gasteiger charge is -2.18. The first-order valence-electron chi connectivity index (χ1n) is 11.5. The third kappa shape index (κ3) is 6.00. The number of nitrogens with one attached hydrogen (secondary N) is 1. The van der Waals surface area contributed by atoms with Crippen molar-refractivity contribution in [1.29, 1.82) is 0 Å². The van der Waals surface area contributed by atoms with E-state index in [0.29, 0.717) is 17.9 Å². The van der Waals surface area contributed by atoms with Crippen LogP contribution >= 0.6 is 11.8 Å². The maximum atomic E-state index is 13.6. The molecular formula is C28H29N3O3S. The molecule has 180 valence electrons. The number of thioether (sulfide) groups is 1. The third-order valence-corrected chi connectivity index (χ3v) is 6.56. The number of rotatable bonds is 9. The predicted molar refractivity (Wildman–Crippen MR) is 142 cm³/mol. The van der Waals surface area contributed by atoms with Crippen LogP contribution < -0.4 is 16.6 Å². The highest BCUT2D eigenvalue weighted by molar-refractivity contribution is 7.98. The quantitative estimate of drug-likeness (QED) is 0.351. The smallest absolute Gasteiger partial charge is 0.336 e. The summed E-state index contributed by atoms with van der Waals surface area (Å²) in [5.41, 5.74) is 3.22. The van der Waals surface area contributed by atoms with Crippen LogP contribution in [0.5, 0.6) is 0 Å². The summed E-state index contributed by atoms with van der Waals surface area (Å²) < 4.78 is 2.65. The van der Waals surface area contributed by atoms with E-state index in [0.717, 1.165) is 26.2 Å². The minimum atomic E-state index is -0.901. The molecule has 7 heteroatoms. The first kappa shape index (κ1) is 24.7. The van der Waals surface area contributed by atoms with Crippen molar-refractivity contribution in [1.82, 2.24) is 14.5 Å². The SMILES string of the molecule is CSc1ccc(-n2c(-c3ccc(C)cc3)cc(=O)n(CC(O)CNCc3ccccc3)c2=O)cc1. The minimum Gasteiger partial charge on any atom is -0.390 e. The van der Waals surface area contributed by atoms with Crippen molar-refractivity contribution < 1.29 is 5.11 Å². The Morgan fingerprint density at radius 3 is 2.29 bits per heavy atom. The van der Waals surface area contributed by atoms with E-state index < -0.39 is 17.4 Å². The van der Waals surface area contributed by atoms with Gasteiger partial charge in [-0.1, -0.05) is 60.2 Å². The summed E-state index contributed by atoms with van der Waals surface area (Å²) in [5, 5.41) is 13.8. The molecule has 0 saturated carbocycles. The Bertz CT molecular complexity index is 1380. The van der Waals surface area contributed by atoms with E-state index in [9.17, 15) is 14.7 Å². The van der Waals surface area contributed by atoms with Crippen LogP contribution in [-0.4, -0.2) is 33.1 Å². The van der Waals surface area contributed by atoms with Crippen LogP contribution in [0.2, 0.25) is 0 Å². The highest BCUT2D eigenvalue weighted by Gasteiger charge is 2.17. The van der Waals surface area contributed by atoms with Crippen molar-refractivity contribution in [3.63, 3.8) is 0 Å². The van der Waals surface area contributed by atoms with Crippen molar-refractivity contribution in [2.75, 3.05) is 12.8 Å². The molecule has 1 atom stereocenters. The van der Waals surface area contributed by atoms with E-state index in [1.165, 1.54) is 6.07 Å². The van der Waals surface area contributed by atoms with E-state index in [1.54, 1.807) is 16.3 Å². The van der Waals surface area contributed by atoms with E-state index in [-0.39, 0.29) is 13.1 Å². The van der Waals surface area contributed by atoms with Crippen LogP contribution in [0, 0.1) is 6.92 Å². The van der Waals surface area contributed by atoms with Gasteiger partial charge in [-0.2, -0.15) is 0 Å². The average Bonchev–Trinajstić information content (AvgIpc) is 2.87. The second-order valence-corrected chi connectivity index (χ2v) is 9.31. The molecule has 6 nitrogen and oxygen atoms in total. The maximum absolute atomic E-state index is 13.6. The molecule has 0 aliphatic carbocycles. The molecule has 0 spiro atoms. The van der Waals surface area contributed by atoms with Crippen LogP contribution in [0.1, 0.15) is 11.1 Å². The van der Waals surface area contributed by atoms with Gasteiger partial charge in [0.1, 0.15) is 0 Å². The topological polar surface area (TPSA) is 76.3 Å². The summed E-state index contributed by atoms with van der Waals surface area (Å²) in [5.74, 6) is 0. The molecule has 1 aromatic heterocycles. The molecule has 0 aliphatic heterocycles. The van der Waals surface area contributed by atoms with Crippen LogP contribution in [0.4, 0.5) is 0 Å². The number of aliphatic hydroxyl groups is 1. The highest BCUT2D eigenvalue weighted by atomic mass is 32.2. The highest BCUT2D eigenvalue weighted by Crippen LogP contribution is 2.22. The van der Waals surface area contributed by atoms with Gasteiger partial charge in [0, 0.05) is 24.1 Å². The van der Waals surface area contributed by atoms with Gasteiger partial charge in [-0.3, -0.25) is 13.9 Å². The summed E-state index contributed by atoms with van der Waals surface area (Å²) in [6, 6.07) is 26.7. The Kier molecular flexibility index (Phi) is 8.02. The van der Waals surface area contributed by atoms with Crippen LogP contribution in [0.15, 0.2) is 99.4 Å². The van der Waals surface area contributed by atoms with Gasteiger partial charge in [0.15, 0.2) is 0 Å². The molecule has 0 amide bonds. The van der Waals surface area contributed by atoms with Gasteiger partial charge >= 0.3 is 5.69 Å². The first-order valence-corrected chi connectivity index (χ1v) is 12.7. The molecule has 0 radical (unpaired) electrons. The molecule has 0 bridgehead atoms. The first-order chi connectivity index (χ1) is 17.0. The van der Waals surface area contributed by atoms with E-state index in [2.05, 4.69) is 5.32 Å². The van der Waals surface area contributed by atoms with Crippen molar-refractivity contribution in [3.8, 4) is 16.9 Å². The zero-order valence-corrected chi connectivity index (χ0v) is 20.7. The van der Waals surface area contributed by atoms with E-state index in [1.807, 2.05) is 92.0 Å². The number of benzene rings is 3. The number of nitrogens with zero attached hydrogens (tertiary/aromatic N) is 2. The predicted octanol–water partition coefficient (Wildman–Crippen LogP) is 3.85. The largest absolute Gasteiger partial charge is 0.390 e. The Hall–Kier alpha value is -3.39. The number of aromatic nitrogens is 2. The monoisotopic (exact) mass is 487 g/mol. The summed E-state index contributed by atoms with van der Waals surface area (Å²) in [7, 11) is 0. The number of hydrogen-bond donors (Lipinski definition) is 2. The van der Waals surface area contributed by atoms with Gasteiger partial charge in [-0.25, -0.2) is 4.79 Å². The number of hydrogen-bond acceptors (Lipinski definition) is 5. The second-order valence-electron chi connectivity index (χ2n) is 8.43. The zero-order chi connectivity index (χ0) is 24.8. The summed E-state index contributed by atoms with van der Waals surface area (Å²) in [6.07, 6.45) is 1.09. The molecule has 1 heterocycles. The number of aliphatic hydroxyl groups excluding tert-OH is 1. The van der Waals surface area contributed by atoms with Gasteiger partial charge in [-0.15, -0.1) is 11.8 Å². The van der Waals surface area contributed by atoms with E-state index >= 15 is 0 Å². The Morgan fingerprint density at radius 2 is 1.63 bits per heavy atom. The molecule has 0 fully saturated rings. The van der Waals surface area contributed by atoms with Gasteiger partial charge in [0.05, 0.1) is 24.0 Å². The van der Waals surface area contributed by atoms with Crippen LogP contribution in [-0.2, 0) is 13.1 Å². The van der Waals surface area contributed by atoms with Crippen LogP contribution in [0.25, 0.3) is 16.9 Å². The second kappa shape index (κ2) is 11.4. The molecule has 35 heavy (non-hydrogen) atoms. The Balaban J connectivity index is 1.66. The summed E-state index contributed by atoms with van der Waals surface area (Å²) >= 11 is 1.62. The third-order valence-electron chi connectivity index (χ3n) is 5.81. The zero-order valence-electron chi connectivity index (χ0n) is 19.8. The fourth-order valence-corrected chi connectivity index (χ4v) is 4.33. The van der Waals surface area contributed by atoms with Crippen molar-refractivity contribution >= 4 is 11.8 Å². The summed E-state index contributed by atoms with van der Waals surface area (Å²) in [6.45, 7) is 2.73. The summed E-state index contributed by atoms with van der Waals surface area (Å²) in [4.78, 5) is 27.7. The lowest BCUT2D eigenvalue weighted by molar-refractivity contribution is 0.147. The van der Waals surface area contributed by atoms with Crippen molar-refractivity contribution in [3.05, 3.63) is 117 Å².